The van der Waals surface area contributed by atoms with E-state index in [1.807, 2.05) is 0 Å². The minimum Gasteiger partial charge on any atom is -0.396 e. The first-order valence-electron chi connectivity index (χ1n) is 7.53. The molecule has 0 unspecified atom stereocenters. The first-order chi connectivity index (χ1) is 9.19. The first kappa shape index (κ1) is 16.9. The lowest BCUT2D eigenvalue weighted by atomic mass is 9.90. The molecule has 1 heterocycles. The van der Waals surface area contributed by atoms with E-state index >= 15 is 0 Å². The minimum atomic E-state index is -0.658. The van der Waals surface area contributed by atoms with Crippen LogP contribution < -0.4 is 5.32 Å². The molecule has 0 aromatic carbocycles. The smallest absolute Gasteiger partial charge is 0.0740 e. The molecule has 4 atom stereocenters. The first-order valence-corrected chi connectivity index (χ1v) is 7.53. The molecule has 5 heteroatoms. The van der Waals surface area contributed by atoms with E-state index in [1.54, 1.807) is 0 Å². The molecule has 114 valence electrons. The average molecular weight is 275 g/mol. The van der Waals surface area contributed by atoms with Gasteiger partial charge in [-0.15, -0.1) is 0 Å². The largest absolute Gasteiger partial charge is 0.396 e. The summed E-state index contributed by atoms with van der Waals surface area (Å²) >= 11 is 0. The molecule has 1 aliphatic heterocycles. The molecule has 1 saturated heterocycles. The maximum atomic E-state index is 9.89. The molecule has 0 aromatic heterocycles. The highest BCUT2D eigenvalue weighted by atomic mass is 16.3. The lowest BCUT2D eigenvalue weighted by Crippen LogP contribution is -2.58. The summed E-state index contributed by atoms with van der Waals surface area (Å²) < 4.78 is 0. The van der Waals surface area contributed by atoms with Crippen molar-refractivity contribution in [2.24, 2.45) is 0 Å². The monoisotopic (exact) mass is 275 g/mol. The molecule has 0 saturated carbocycles. The number of unbranched alkanes of at least 4 members (excludes halogenated alkanes) is 5. The van der Waals surface area contributed by atoms with Gasteiger partial charge in [-0.3, -0.25) is 0 Å². The Morgan fingerprint density at radius 3 is 2.00 bits per heavy atom. The molecule has 0 amide bonds. The number of rotatable bonds is 9. The van der Waals surface area contributed by atoms with Crippen LogP contribution in [0.3, 0.4) is 0 Å². The summed E-state index contributed by atoms with van der Waals surface area (Å²) in [6.45, 7) is 0.189. The van der Waals surface area contributed by atoms with E-state index in [2.05, 4.69) is 5.32 Å². The normalized spacial score (nSPS) is 31.6. The van der Waals surface area contributed by atoms with Crippen molar-refractivity contribution in [1.29, 1.82) is 0 Å². The molecule has 1 aliphatic rings. The van der Waals surface area contributed by atoms with Gasteiger partial charge in [-0.05, 0) is 12.8 Å². The van der Waals surface area contributed by atoms with Gasteiger partial charge in [-0.1, -0.05) is 32.1 Å². The molecule has 19 heavy (non-hydrogen) atoms. The second-order valence-electron chi connectivity index (χ2n) is 5.57. The number of aliphatic hydroxyl groups is 4. The number of nitrogens with one attached hydrogen (secondary N) is 1. The molecule has 1 fully saturated rings. The molecule has 0 bridgehead atoms. The standard InChI is InChI=1S/C14H29NO4/c16-8-6-4-2-1-3-5-7-11-13(18)9-14(19)12(10-17)15-11/h11-19H,1-10H2/t11-,12-,13-,14+/m1/s1. The Morgan fingerprint density at radius 1 is 0.789 bits per heavy atom. The Morgan fingerprint density at radius 2 is 1.37 bits per heavy atom. The van der Waals surface area contributed by atoms with Crippen LogP contribution >= 0.6 is 0 Å². The number of hydrogen-bond acceptors (Lipinski definition) is 5. The van der Waals surface area contributed by atoms with Crippen molar-refractivity contribution < 1.29 is 20.4 Å². The highest BCUT2D eigenvalue weighted by Crippen LogP contribution is 2.19. The fourth-order valence-electron chi connectivity index (χ4n) is 2.71. The zero-order valence-electron chi connectivity index (χ0n) is 11.7. The van der Waals surface area contributed by atoms with Crippen LogP contribution in [0.4, 0.5) is 0 Å². The zero-order valence-corrected chi connectivity index (χ0v) is 11.7. The van der Waals surface area contributed by atoms with Crippen molar-refractivity contribution in [3.63, 3.8) is 0 Å². The molecule has 0 spiro atoms. The van der Waals surface area contributed by atoms with Gasteiger partial charge in [-0.2, -0.15) is 0 Å². The fraction of sp³-hybridized carbons (Fsp3) is 1.00. The van der Waals surface area contributed by atoms with Crippen molar-refractivity contribution in [3.8, 4) is 0 Å². The summed E-state index contributed by atoms with van der Waals surface area (Å²) in [7, 11) is 0. The van der Waals surface area contributed by atoms with E-state index in [9.17, 15) is 10.2 Å². The SMILES string of the molecule is OCCCCCCCC[C@H]1N[C@H](CO)[C@@H](O)C[C@H]1O. The molecular weight excluding hydrogens is 246 g/mol. The molecule has 1 rings (SSSR count). The van der Waals surface area contributed by atoms with Crippen LogP contribution in [0.25, 0.3) is 0 Å². The second-order valence-corrected chi connectivity index (χ2v) is 5.57. The Hall–Kier alpha value is -0.200. The third-order valence-corrected chi connectivity index (χ3v) is 3.96. The van der Waals surface area contributed by atoms with Gasteiger partial charge in [0.05, 0.1) is 24.9 Å². The van der Waals surface area contributed by atoms with Gasteiger partial charge < -0.3 is 25.7 Å². The minimum absolute atomic E-state index is 0.0157. The topological polar surface area (TPSA) is 93.0 Å². The van der Waals surface area contributed by atoms with Gasteiger partial charge in [0.25, 0.3) is 0 Å². The fourth-order valence-corrected chi connectivity index (χ4v) is 2.71. The van der Waals surface area contributed by atoms with E-state index in [1.165, 1.54) is 0 Å². The van der Waals surface area contributed by atoms with Crippen molar-refractivity contribution >= 4 is 0 Å². The van der Waals surface area contributed by atoms with Crippen LogP contribution in [0.1, 0.15) is 51.4 Å². The zero-order chi connectivity index (χ0) is 14.1. The summed E-state index contributed by atoms with van der Waals surface area (Å²) in [4.78, 5) is 0. The third kappa shape index (κ3) is 6.19. The molecule has 0 radical (unpaired) electrons. The quantitative estimate of drug-likeness (QED) is 0.386. The Kier molecular flexibility index (Phi) is 8.57. The molecule has 0 aliphatic carbocycles. The highest BCUT2D eigenvalue weighted by molar-refractivity contribution is 4.91. The molecule has 5 nitrogen and oxygen atoms in total. The number of piperidine rings is 1. The van der Waals surface area contributed by atoms with Gasteiger partial charge in [0.2, 0.25) is 0 Å². The number of hydrogen-bond donors (Lipinski definition) is 5. The Labute approximate surface area is 115 Å². The van der Waals surface area contributed by atoms with Crippen molar-refractivity contribution in [1.82, 2.24) is 5.32 Å². The van der Waals surface area contributed by atoms with Crippen molar-refractivity contribution in [2.75, 3.05) is 13.2 Å². The van der Waals surface area contributed by atoms with E-state index in [-0.39, 0.29) is 25.3 Å². The van der Waals surface area contributed by atoms with Crippen LogP contribution in [0, 0.1) is 0 Å². The maximum Gasteiger partial charge on any atom is 0.0740 e. The van der Waals surface area contributed by atoms with Gasteiger partial charge in [0.15, 0.2) is 0 Å². The second kappa shape index (κ2) is 9.66. The highest BCUT2D eigenvalue weighted by Gasteiger charge is 2.33. The lowest BCUT2D eigenvalue weighted by molar-refractivity contribution is -0.0215. The van der Waals surface area contributed by atoms with Crippen LogP contribution in [-0.2, 0) is 0 Å². The predicted molar refractivity (Wildman–Crippen MR) is 73.8 cm³/mol. The average Bonchev–Trinajstić information content (AvgIpc) is 2.40. The van der Waals surface area contributed by atoms with Crippen LogP contribution in [0.15, 0.2) is 0 Å². The summed E-state index contributed by atoms with van der Waals surface area (Å²) in [5, 5.41) is 40.5. The van der Waals surface area contributed by atoms with E-state index in [0.29, 0.717) is 6.42 Å². The predicted octanol–water partition coefficient (Wildman–Crippen LogP) is 0.154. The van der Waals surface area contributed by atoms with Crippen molar-refractivity contribution in [2.45, 2.75) is 75.7 Å². The van der Waals surface area contributed by atoms with Crippen LogP contribution in [-0.4, -0.2) is 57.9 Å². The molecular formula is C14H29NO4. The Balaban J connectivity index is 2.11. The summed E-state index contributed by atoms with van der Waals surface area (Å²) in [5.41, 5.74) is 0. The van der Waals surface area contributed by atoms with Gasteiger partial charge in [0, 0.05) is 19.1 Å². The lowest BCUT2D eigenvalue weighted by Gasteiger charge is -2.37. The summed E-state index contributed by atoms with van der Waals surface area (Å²) in [6, 6.07) is -0.323. The maximum absolute atomic E-state index is 9.89. The van der Waals surface area contributed by atoms with Crippen molar-refractivity contribution in [3.05, 3.63) is 0 Å². The summed E-state index contributed by atoms with van der Waals surface area (Å²) in [6.07, 6.45) is 6.50. The van der Waals surface area contributed by atoms with Crippen LogP contribution in [0.2, 0.25) is 0 Å². The van der Waals surface area contributed by atoms with E-state index in [0.717, 1.165) is 44.9 Å². The summed E-state index contributed by atoms with van der Waals surface area (Å²) in [5.74, 6) is 0. The molecule has 5 N–H and O–H groups in total. The van der Waals surface area contributed by atoms with Gasteiger partial charge >= 0.3 is 0 Å². The Bertz CT molecular complexity index is 227. The van der Waals surface area contributed by atoms with E-state index < -0.39 is 12.2 Å². The number of aliphatic hydroxyl groups excluding tert-OH is 4. The van der Waals surface area contributed by atoms with Crippen LogP contribution in [0.5, 0.6) is 0 Å². The van der Waals surface area contributed by atoms with E-state index in [4.69, 9.17) is 10.2 Å². The van der Waals surface area contributed by atoms with Gasteiger partial charge in [-0.25, -0.2) is 0 Å². The van der Waals surface area contributed by atoms with Gasteiger partial charge in [0.1, 0.15) is 0 Å². The molecule has 0 aromatic rings. The third-order valence-electron chi connectivity index (χ3n) is 3.96.